The van der Waals surface area contributed by atoms with Crippen molar-refractivity contribution in [3.8, 4) is 0 Å². The number of pyridine rings is 2. The van der Waals surface area contributed by atoms with Crippen LogP contribution in [0.1, 0.15) is 57.5 Å². The number of nitrogens with zero attached hydrogens (tertiary/aromatic N) is 4. The van der Waals surface area contributed by atoms with E-state index in [1.165, 1.54) is 12.5 Å². The van der Waals surface area contributed by atoms with Crippen LogP contribution in [0, 0.1) is 6.92 Å². The third kappa shape index (κ3) is 4.88. The van der Waals surface area contributed by atoms with Crippen LogP contribution in [-0.2, 0) is 5.54 Å². The second-order valence-electron chi connectivity index (χ2n) is 7.20. The molecule has 0 unspecified atom stereocenters. The van der Waals surface area contributed by atoms with Crippen LogP contribution in [0.25, 0.3) is 16.5 Å². The molecule has 0 atom stereocenters. The lowest BCUT2D eigenvalue weighted by atomic mass is 9.87. The summed E-state index contributed by atoms with van der Waals surface area (Å²) >= 11 is 0. The minimum atomic E-state index is -0.493. The highest BCUT2D eigenvalue weighted by Crippen LogP contribution is 2.31. The Hall–Kier alpha value is -3.46. The van der Waals surface area contributed by atoms with E-state index in [1.807, 2.05) is 32.9 Å². The maximum Gasteiger partial charge on any atom is 0.138 e. The molecule has 0 aliphatic heterocycles. The smallest absolute Gasteiger partial charge is 0.138 e. The summed E-state index contributed by atoms with van der Waals surface area (Å²) in [7, 11) is 1.78. The lowest BCUT2D eigenvalue weighted by molar-refractivity contribution is 0.397. The van der Waals surface area contributed by atoms with Gasteiger partial charge in [-0.15, -0.1) is 0 Å². The van der Waals surface area contributed by atoms with Crippen LogP contribution in [0.4, 0.5) is 17.5 Å². The van der Waals surface area contributed by atoms with Gasteiger partial charge in [0.05, 0.1) is 22.6 Å². The number of hydrogen-bond donors (Lipinski definition) is 5. The summed E-state index contributed by atoms with van der Waals surface area (Å²) in [6, 6.07) is 3.81. The average Bonchev–Trinajstić information content (AvgIpc) is 2.82. The molecule has 3 rings (SSSR count). The second kappa shape index (κ2) is 10.7. The zero-order valence-electron chi connectivity index (χ0n) is 19.8. The van der Waals surface area contributed by atoms with Crippen molar-refractivity contribution < 1.29 is 0 Å². The normalized spacial score (nSPS) is 11.7. The summed E-state index contributed by atoms with van der Waals surface area (Å²) in [5.41, 5.74) is 21.0. The standard InChI is InChI=1S/C21H29N9.C2H6/c1-5-21(24,6-2)18-12(3)20(28-11-27-18)30-17-8-13-7-15(16(9-22)25-4)29-19(23)14(13)10-26-17;1-2/h7-11,25H,5-6,22,24H2,1-4H3,(H2,23,29)(H,26,27,28,30);1-2H3/b16-9-;. The molecule has 0 aliphatic carbocycles. The van der Waals surface area contributed by atoms with Crippen LogP contribution in [-0.4, -0.2) is 27.0 Å². The summed E-state index contributed by atoms with van der Waals surface area (Å²) in [6.45, 7) is 10.1. The van der Waals surface area contributed by atoms with E-state index >= 15 is 0 Å². The van der Waals surface area contributed by atoms with Crippen LogP contribution in [0.5, 0.6) is 0 Å². The zero-order chi connectivity index (χ0) is 23.9. The third-order valence-corrected chi connectivity index (χ3v) is 5.52. The molecule has 0 amide bonds. The van der Waals surface area contributed by atoms with Crippen molar-refractivity contribution in [3.05, 3.63) is 47.8 Å². The molecule has 9 nitrogen and oxygen atoms in total. The number of nitrogens with two attached hydrogens (primary N) is 3. The fourth-order valence-electron chi connectivity index (χ4n) is 3.46. The van der Waals surface area contributed by atoms with Gasteiger partial charge in [0.1, 0.15) is 23.8 Å². The summed E-state index contributed by atoms with van der Waals surface area (Å²) in [5, 5.41) is 7.94. The van der Waals surface area contributed by atoms with E-state index in [0.29, 0.717) is 28.8 Å². The second-order valence-corrected chi connectivity index (χ2v) is 7.20. The van der Waals surface area contributed by atoms with Crippen molar-refractivity contribution >= 4 is 33.9 Å². The van der Waals surface area contributed by atoms with E-state index in [4.69, 9.17) is 17.2 Å². The molecule has 3 aromatic heterocycles. The lowest BCUT2D eigenvalue weighted by Gasteiger charge is -2.28. The van der Waals surface area contributed by atoms with Crippen molar-refractivity contribution in [2.24, 2.45) is 11.5 Å². The Morgan fingerprint density at radius 2 is 1.81 bits per heavy atom. The molecule has 0 saturated heterocycles. The van der Waals surface area contributed by atoms with Gasteiger partial charge in [-0.1, -0.05) is 27.7 Å². The van der Waals surface area contributed by atoms with Gasteiger partial charge in [-0.25, -0.2) is 19.9 Å². The summed E-state index contributed by atoms with van der Waals surface area (Å²) < 4.78 is 0. The predicted molar refractivity (Wildman–Crippen MR) is 133 cm³/mol. The molecule has 0 saturated carbocycles. The van der Waals surface area contributed by atoms with E-state index in [-0.39, 0.29) is 0 Å². The summed E-state index contributed by atoms with van der Waals surface area (Å²) in [6.07, 6.45) is 6.25. The fourth-order valence-corrected chi connectivity index (χ4v) is 3.46. The molecule has 0 aliphatic rings. The van der Waals surface area contributed by atoms with Gasteiger partial charge in [0.2, 0.25) is 0 Å². The zero-order valence-corrected chi connectivity index (χ0v) is 19.8. The van der Waals surface area contributed by atoms with Gasteiger partial charge in [0, 0.05) is 30.4 Å². The number of aromatic nitrogens is 4. The monoisotopic (exact) mass is 437 g/mol. The van der Waals surface area contributed by atoms with Gasteiger partial charge in [-0.05, 0) is 37.3 Å². The number of nitrogens with one attached hydrogen (secondary N) is 2. The van der Waals surface area contributed by atoms with Crippen molar-refractivity contribution in [1.29, 1.82) is 0 Å². The minimum absolute atomic E-state index is 0.385. The summed E-state index contributed by atoms with van der Waals surface area (Å²) in [4.78, 5) is 17.7. The van der Waals surface area contributed by atoms with Gasteiger partial charge in [0.15, 0.2) is 0 Å². The van der Waals surface area contributed by atoms with Crippen LogP contribution >= 0.6 is 0 Å². The van der Waals surface area contributed by atoms with E-state index in [0.717, 1.165) is 34.9 Å². The molecule has 3 aromatic rings. The molecule has 3 heterocycles. The van der Waals surface area contributed by atoms with Crippen molar-refractivity contribution in [1.82, 2.24) is 25.3 Å². The first-order chi connectivity index (χ1) is 15.4. The number of hydrogen-bond acceptors (Lipinski definition) is 9. The van der Waals surface area contributed by atoms with E-state index < -0.39 is 5.54 Å². The van der Waals surface area contributed by atoms with Crippen LogP contribution in [0.2, 0.25) is 0 Å². The largest absolute Gasteiger partial charge is 0.403 e. The molecular formula is C23H35N9. The molecule has 0 aromatic carbocycles. The van der Waals surface area contributed by atoms with Crippen molar-refractivity contribution in [3.63, 3.8) is 0 Å². The number of anilines is 3. The Bertz CT molecular complexity index is 1090. The first-order valence-corrected chi connectivity index (χ1v) is 10.9. The highest BCUT2D eigenvalue weighted by atomic mass is 15.1. The third-order valence-electron chi connectivity index (χ3n) is 5.52. The molecule has 9 heteroatoms. The van der Waals surface area contributed by atoms with E-state index in [1.54, 1.807) is 13.2 Å². The highest BCUT2D eigenvalue weighted by molar-refractivity contribution is 5.93. The topological polar surface area (TPSA) is 154 Å². The average molecular weight is 438 g/mol. The Balaban J connectivity index is 0.00000176. The Morgan fingerprint density at radius 3 is 2.41 bits per heavy atom. The fraction of sp³-hybridized carbons (Fsp3) is 0.391. The Kier molecular flexibility index (Phi) is 8.31. The highest BCUT2D eigenvalue weighted by Gasteiger charge is 2.27. The van der Waals surface area contributed by atoms with E-state index in [2.05, 4.69) is 44.4 Å². The van der Waals surface area contributed by atoms with Gasteiger partial charge in [-0.2, -0.15) is 0 Å². The van der Waals surface area contributed by atoms with Gasteiger partial charge in [0.25, 0.3) is 0 Å². The molecule has 0 bridgehead atoms. The van der Waals surface area contributed by atoms with Gasteiger partial charge < -0.3 is 27.8 Å². The first-order valence-electron chi connectivity index (χ1n) is 10.9. The molecule has 8 N–H and O–H groups in total. The van der Waals surface area contributed by atoms with Crippen molar-refractivity contribution in [2.45, 2.75) is 53.0 Å². The maximum absolute atomic E-state index is 6.57. The van der Waals surface area contributed by atoms with Crippen molar-refractivity contribution in [2.75, 3.05) is 18.1 Å². The molecule has 0 radical (unpaired) electrons. The quantitative estimate of drug-likeness (QED) is 0.373. The first kappa shape index (κ1) is 24.8. The Morgan fingerprint density at radius 1 is 1.12 bits per heavy atom. The van der Waals surface area contributed by atoms with Crippen LogP contribution in [0.3, 0.4) is 0 Å². The Labute approximate surface area is 189 Å². The van der Waals surface area contributed by atoms with E-state index in [9.17, 15) is 0 Å². The number of fused-ring (bicyclic) bond motifs is 1. The minimum Gasteiger partial charge on any atom is -0.403 e. The van der Waals surface area contributed by atoms with Crippen LogP contribution < -0.4 is 27.8 Å². The molecule has 172 valence electrons. The predicted octanol–water partition coefficient (Wildman–Crippen LogP) is 3.53. The molecule has 32 heavy (non-hydrogen) atoms. The van der Waals surface area contributed by atoms with Crippen LogP contribution in [0.15, 0.2) is 30.9 Å². The van der Waals surface area contributed by atoms with Gasteiger partial charge in [-0.3, -0.25) is 0 Å². The lowest BCUT2D eigenvalue weighted by Crippen LogP contribution is -2.37. The summed E-state index contributed by atoms with van der Waals surface area (Å²) in [5.74, 6) is 1.68. The van der Waals surface area contributed by atoms with Gasteiger partial charge >= 0.3 is 0 Å². The SMILES string of the molecule is CC.CCC(N)(CC)c1ncnc(Nc2cc3cc(/C(=C/N)NC)nc(N)c3cn2)c1C. The maximum atomic E-state index is 6.57. The molecule has 0 fully saturated rings. The number of rotatable bonds is 7. The number of nitrogen functional groups attached to an aromatic ring is 1. The molecule has 0 spiro atoms. The molecular weight excluding hydrogens is 402 g/mol.